The predicted octanol–water partition coefficient (Wildman–Crippen LogP) is 4.10. The first-order valence-electron chi connectivity index (χ1n) is 8.03. The fourth-order valence-electron chi connectivity index (χ4n) is 2.23. The highest BCUT2D eigenvalue weighted by atomic mass is 32.1. The molecule has 0 atom stereocenters. The third-order valence-corrected chi connectivity index (χ3v) is 4.32. The van der Waals surface area contributed by atoms with E-state index in [1.807, 2.05) is 42.5 Å². The fourth-order valence-corrected chi connectivity index (χ4v) is 2.99. The summed E-state index contributed by atoms with van der Waals surface area (Å²) in [5.74, 6) is -0.278. The van der Waals surface area contributed by atoms with Crippen molar-refractivity contribution in [3.8, 4) is 0 Å². The van der Waals surface area contributed by atoms with Crippen LogP contribution in [0, 0.1) is 5.82 Å². The van der Waals surface area contributed by atoms with Crippen LogP contribution in [0.3, 0.4) is 0 Å². The van der Waals surface area contributed by atoms with Crippen molar-refractivity contribution in [1.82, 2.24) is 15.5 Å². The molecule has 0 aliphatic heterocycles. The molecule has 3 aromatic rings. The fraction of sp³-hybridized carbons (Fsp3) is 0.105. The van der Waals surface area contributed by atoms with Crippen LogP contribution in [0.25, 0.3) is 6.08 Å². The zero-order chi connectivity index (χ0) is 18.2. The molecular weight excluding hydrogens is 351 g/mol. The first-order valence-corrected chi connectivity index (χ1v) is 8.84. The first-order chi connectivity index (χ1) is 12.7. The second-order valence-corrected chi connectivity index (χ2v) is 6.48. The highest BCUT2D eigenvalue weighted by Crippen LogP contribution is 2.19. The number of nitrogens with one attached hydrogen (secondary N) is 2. The molecule has 5 nitrogen and oxygen atoms in total. The minimum atomic E-state index is -0.365. The van der Waals surface area contributed by atoms with Crippen LogP contribution in [0.5, 0.6) is 0 Å². The molecule has 0 spiro atoms. The topological polar surface area (TPSA) is 66.9 Å². The summed E-state index contributed by atoms with van der Waals surface area (Å²) in [5.41, 5.74) is 1.61. The van der Waals surface area contributed by atoms with Gasteiger partial charge in [-0.3, -0.25) is 5.32 Å². The van der Waals surface area contributed by atoms with Crippen LogP contribution in [0.15, 0.2) is 60.7 Å². The molecule has 7 heteroatoms. The van der Waals surface area contributed by atoms with Crippen LogP contribution in [-0.2, 0) is 6.42 Å². The lowest BCUT2D eigenvalue weighted by molar-refractivity contribution is 0.253. The van der Waals surface area contributed by atoms with Crippen molar-refractivity contribution in [3.63, 3.8) is 0 Å². The van der Waals surface area contributed by atoms with Gasteiger partial charge in [-0.2, -0.15) is 0 Å². The molecule has 132 valence electrons. The van der Waals surface area contributed by atoms with Gasteiger partial charge in [-0.25, -0.2) is 9.18 Å². The second-order valence-electron chi connectivity index (χ2n) is 5.42. The van der Waals surface area contributed by atoms with E-state index < -0.39 is 0 Å². The van der Waals surface area contributed by atoms with Crippen molar-refractivity contribution in [3.05, 3.63) is 82.6 Å². The van der Waals surface area contributed by atoms with E-state index in [1.165, 1.54) is 17.4 Å². The minimum absolute atomic E-state index is 0.278. The van der Waals surface area contributed by atoms with E-state index in [9.17, 15) is 9.18 Å². The number of aromatic nitrogens is 2. The summed E-state index contributed by atoms with van der Waals surface area (Å²) in [4.78, 5) is 11.9. The Hall–Kier alpha value is -3.06. The molecule has 1 heterocycles. The van der Waals surface area contributed by atoms with Gasteiger partial charge in [0.15, 0.2) is 0 Å². The minimum Gasteiger partial charge on any atom is -0.334 e. The standard InChI is InChI=1S/C19H17FN4OS/c20-16-11-5-4-10-15(16)13-17-23-24-19(26-17)22-18(25)21-12-6-9-14-7-2-1-3-8-14/h1-11H,12-13H2,(H2,21,22,24,25)/b9-6+. The molecule has 3 rings (SSSR count). The van der Waals surface area contributed by atoms with Crippen LogP contribution in [-0.4, -0.2) is 22.8 Å². The highest BCUT2D eigenvalue weighted by molar-refractivity contribution is 7.15. The van der Waals surface area contributed by atoms with E-state index >= 15 is 0 Å². The summed E-state index contributed by atoms with van der Waals surface area (Å²) >= 11 is 1.22. The Morgan fingerprint density at radius 2 is 1.85 bits per heavy atom. The Morgan fingerprint density at radius 1 is 1.08 bits per heavy atom. The summed E-state index contributed by atoms with van der Waals surface area (Å²) < 4.78 is 13.7. The number of anilines is 1. The maximum Gasteiger partial charge on any atom is 0.321 e. The molecule has 1 aromatic heterocycles. The molecule has 0 saturated carbocycles. The zero-order valence-electron chi connectivity index (χ0n) is 13.9. The molecule has 2 aromatic carbocycles. The third kappa shape index (κ3) is 5.22. The molecule has 0 radical (unpaired) electrons. The quantitative estimate of drug-likeness (QED) is 0.688. The molecule has 26 heavy (non-hydrogen) atoms. The molecule has 2 amide bonds. The van der Waals surface area contributed by atoms with Gasteiger partial charge in [-0.05, 0) is 17.2 Å². The summed E-state index contributed by atoms with van der Waals surface area (Å²) in [7, 11) is 0. The van der Waals surface area contributed by atoms with Crippen molar-refractivity contribution in [1.29, 1.82) is 0 Å². The number of rotatable bonds is 6. The average Bonchev–Trinajstić information content (AvgIpc) is 3.08. The van der Waals surface area contributed by atoms with Gasteiger partial charge in [0, 0.05) is 13.0 Å². The Kier molecular flexibility index (Phi) is 6.05. The monoisotopic (exact) mass is 368 g/mol. The number of carbonyl (C=O) groups excluding carboxylic acids is 1. The van der Waals surface area contributed by atoms with Gasteiger partial charge in [0.2, 0.25) is 5.13 Å². The third-order valence-electron chi connectivity index (χ3n) is 3.48. The van der Waals surface area contributed by atoms with Crippen molar-refractivity contribution in [2.45, 2.75) is 6.42 Å². The number of urea groups is 1. The van der Waals surface area contributed by atoms with Crippen molar-refractivity contribution < 1.29 is 9.18 Å². The van der Waals surface area contributed by atoms with E-state index in [0.717, 1.165) is 5.56 Å². The molecule has 0 unspecified atom stereocenters. The van der Waals surface area contributed by atoms with Gasteiger partial charge < -0.3 is 5.32 Å². The van der Waals surface area contributed by atoms with Gasteiger partial charge in [0.05, 0.1) is 0 Å². The molecule has 0 fully saturated rings. The van der Waals surface area contributed by atoms with Gasteiger partial charge in [-0.15, -0.1) is 10.2 Å². The Bertz CT molecular complexity index is 895. The summed E-state index contributed by atoms with van der Waals surface area (Å²) in [6.07, 6.45) is 4.13. The predicted molar refractivity (Wildman–Crippen MR) is 102 cm³/mol. The number of halogens is 1. The van der Waals surface area contributed by atoms with Crippen LogP contribution in [0.4, 0.5) is 14.3 Å². The number of amides is 2. The molecule has 0 saturated heterocycles. The normalized spacial score (nSPS) is 10.8. The van der Waals surface area contributed by atoms with E-state index in [4.69, 9.17) is 0 Å². The Balaban J connectivity index is 1.47. The number of hydrogen-bond acceptors (Lipinski definition) is 4. The maximum absolute atomic E-state index is 13.7. The van der Waals surface area contributed by atoms with E-state index in [2.05, 4.69) is 20.8 Å². The summed E-state index contributed by atoms with van der Waals surface area (Å²) in [6.45, 7) is 0.390. The smallest absolute Gasteiger partial charge is 0.321 e. The van der Waals surface area contributed by atoms with E-state index in [-0.39, 0.29) is 11.8 Å². The first kappa shape index (κ1) is 17.8. The number of carbonyl (C=O) groups is 1. The Morgan fingerprint density at radius 3 is 2.65 bits per heavy atom. The van der Waals surface area contributed by atoms with Gasteiger partial charge >= 0.3 is 6.03 Å². The number of hydrogen-bond donors (Lipinski definition) is 2. The highest BCUT2D eigenvalue weighted by Gasteiger charge is 2.10. The average molecular weight is 368 g/mol. The number of nitrogens with zero attached hydrogens (tertiary/aromatic N) is 2. The molecular formula is C19H17FN4OS. The van der Waals surface area contributed by atoms with E-state index in [1.54, 1.807) is 18.2 Å². The van der Waals surface area contributed by atoms with Crippen molar-refractivity contribution >= 4 is 28.6 Å². The summed E-state index contributed by atoms with van der Waals surface area (Å²) in [5, 5.41) is 14.3. The van der Waals surface area contributed by atoms with Gasteiger partial charge in [0.1, 0.15) is 10.8 Å². The molecule has 2 N–H and O–H groups in total. The van der Waals surface area contributed by atoms with E-state index in [0.29, 0.717) is 28.7 Å². The van der Waals surface area contributed by atoms with Gasteiger partial charge in [-0.1, -0.05) is 72.0 Å². The molecule has 0 aliphatic carbocycles. The van der Waals surface area contributed by atoms with Crippen LogP contribution in [0.1, 0.15) is 16.1 Å². The molecule has 0 aliphatic rings. The lowest BCUT2D eigenvalue weighted by atomic mass is 10.1. The lowest BCUT2D eigenvalue weighted by Crippen LogP contribution is -2.28. The zero-order valence-corrected chi connectivity index (χ0v) is 14.7. The van der Waals surface area contributed by atoms with Crippen LogP contribution >= 0.6 is 11.3 Å². The summed E-state index contributed by atoms with van der Waals surface area (Å²) in [6, 6.07) is 16.0. The lowest BCUT2D eigenvalue weighted by Gasteiger charge is -2.01. The van der Waals surface area contributed by atoms with Crippen LogP contribution < -0.4 is 10.6 Å². The largest absolute Gasteiger partial charge is 0.334 e. The van der Waals surface area contributed by atoms with Crippen molar-refractivity contribution in [2.24, 2.45) is 0 Å². The molecule has 0 bridgehead atoms. The van der Waals surface area contributed by atoms with Crippen LogP contribution in [0.2, 0.25) is 0 Å². The number of benzene rings is 2. The maximum atomic E-state index is 13.7. The second kappa shape index (κ2) is 8.87. The SMILES string of the molecule is O=C(NC/C=C/c1ccccc1)Nc1nnc(Cc2ccccc2F)s1. The van der Waals surface area contributed by atoms with Gasteiger partial charge in [0.25, 0.3) is 0 Å². The van der Waals surface area contributed by atoms with Crippen molar-refractivity contribution in [2.75, 3.05) is 11.9 Å². The Labute approximate surface area is 154 Å².